The van der Waals surface area contributed by atoms with Gasteiger partial charge in [0.25, 0.3) is 5.91 Å². The maximum atomic E-state index is 13.3. The Morgan fingerprint density at radius 2 is 1.67 bits per heavy atom. The van der Waals surface area contributed by atoms with Gasteiger partial charge >= 0.3 is 0 Å². The molecule has 30 heavy (non-hydrogen) atoms. The van der Waals surface area contributed by atoms with E-state index in [2.05, 4.69) is 79.2 Å². The Morgan fingerprint density at radius 1 is 0.967 bits per heavy atom. The molecule has 0 aliphatic carbocycles. The lowest BCUT2D eigenvalue weighted by Gasteiger charge is -2.36. The first-order valence-corrected chi connectivity index (χ1v) is 11.1. The molecule has 2 fully saturated rings. The predicted octanol–water partition coefficient (Wildman–Crippen LogP) is 3.54. The molecule has 0 aromatic heterocycles. The van der Waals surface area contributed by atoms with Crippen molar-refractivity contribution in [1.29, 1.82) is 0 Å². The number of hydrogen-bond acceptors (Lipinski definition) is 4. The first kappa shape index (κ1) is 20.9. The number of amides is 1. The fraction of sp³-hybridized carbons (Fsp3) is 0.480. The molecule has 0 bridgehead atoms. The van der Waals surface area contributed by atoms with Crippen molar-refractivity contribution in [2.75, 3.05) is 56.2 Å². The molecular weight excluding hydrogens is 374 g/mol. The molecule has 0 N–H and O–H groups in total. The summed E-state index contributed by atoms with van der Waals surface area (Å²) in [5.74, 6) is 0.546. The van der Waals surface area contributed by atoms with Gasteiger partial charge in [-0.3, -0.25) is 4.79 Å². The molecule has 2 aromatic rings. The number of nitrogens with zero attached hydrogens (tertiary/aromatic N) is 3. The lowest BCUT2D eigenvalue weighted by molar-refractivity contribution is -0.133. The largest absolute Gasteiger partial charge is 0.369 e. The van der Waals surface area contributed by atoms with Crippen LogP contribution < -0.4 is 9.80 Å². The summed E-state index contributed by atoms with van der Waals surface area (Å²) in [6, 6.07) is 16.8. The van der Waals surface area contributed by atoms with Crippen LogP contribution in [0.3, 0.4) is 0 Å². The third-order valence-electron chi connectivity index (χ3n) is 6.29. The summed E-state index contributed by atoms with van der Waals surface area (Å²) in [6.07, 6.45) is 0.180. The highest BCUT2D eigenvalue weighted by Crippen LogP contribution is 2.27. The minimum Gasteiger partial charge on any atom is -0.369 e. The van der Waals surface area contributed by atoms with Crippen LogP contribution >= 0.6 is 0 Å². The van der Waals surface area contributed by atoms with E-state index < -0.39 is 6.10 Å². The van der Waals surface area contributed by atoms with Crippen LogP contribution in [-0.2, 0) is 16.0 Å². The number of hydrogen-bond donors (Lipinski definition) is 0. The highest BCUT2D eigenvalue weighted by molar-refractivity contribution is 5.97. The fourth-order valence-electron chi connectivity index (χ4n) is 4.32. The lowest BCUT2D eigenvalue weighted by atomic mass is 10.0. The number of carbonyl (C=O) groups is 1. The van der Waals surface area contributed by atoms with Crippen molar-refractivity contribution in [2.24, 2.45) is 0 Å². The van der Waals surface area contributed by atoms with Gasteiger partial charge in [0, 0.05) is 50.5 Å². The van der Waals surface area contributed by atoms with Crippen molar-refractivity contribution < 1.29 is 9.53 Å². The number of anilines is 2. The first-order valence-electron chi connectivity index (χ1n) is 11.1. The maximum absolute atomic E-state index is 13.3. The molecule has 0 saturated carbocycles. The second kappa shape index (κ2) is 9.19. The molecule has 0 spiro atoms. The molecule has 5 heteroatoms. The number of benzene rings is 2. The molecule has 5 nitrogen and oxygen atoms in total. The van der Waals surface area contributed by atoms with Crippen LogP contribution in [0, 0.1) is 0 Å². The van der Waals surface area contributed by atoms with E-state index in [0.717, 1.165) is 31.9 Å². The van der Waals surface area contributed by atoms with Crippen LogP contribution in [0.1, 0.15) is 30.9 Å². The van der Waals surface area contributed by atoms with Crippen LogP contribution in [0.2, 0.25) is 0 Å². The summed E-state index contributed by atoms with van der Waals surface area (Å²) in [4.78, 5) is 19.9. The fourth-order valence-corrected chi connectivity index (χ4v) is 4.32. The molecule has 2 aliphatic heterocycles. The quantitative estimate of drug-likeness (QED) is 0.760. The zero-order chi connectivity index (χ0) is 21.1. The first-order chi connectivity index (χ1) is 14.5. The summed E-state index contributed by atoms with van der Waals surface area (Å²) in [5.41, 5.74) is 4.68. The summed E-state index contributed by atoms with van der Waals surface area (Å²) in [7, 11) is 2.17. The molecule has 1 unspecified atom stereocenters. The summed E-state index contributed by atoms with van der Waals surface area (Å²) < 4.78 is 5.95. The molecule has 0 radical (unpaired) electrons. The van der Waals surface area contributed by atoms with Crippen molar-refractivity contribution in [1.82, 2.24) is 4.90 Å². The second-order valence-corrected chi connectivity index (χ2v) is 8.72. The number of ether oxygens (including phenoxy) is 1. The molecule has 1 amide bonds. The van der Waals surface area contributed by atoms with Gasteiger partial charge in [-0.05, 0) is 42.3 Å². The summed E-state index contributed by atoms with van der Waals surface area (Å²) in [5, 5.41) is 0. The Labute approximate surface area is 180 Å². The Kier molecular flexibility index (Phi) is 6.40. The Balaban J connectivity index is 1.49. The standard InChI is InChI=1S/C25H33N3O2/c1-19(2)20-8-10-22(11-9-20)28-16-17-30-24(25(28)29)18-21-6-4-5-7-23(21)27-14-12-26(3)13-15-27/h4-11,19,24H,12-18H2,1-3H3. The second-order valence-electron chi connectivity index (χ2n) is 8.72. The van der Waals surface area contributed by atoms with Gasteiger partial charge in [0.1, 0.15) is 6.10 Å². The van der Waals surface area contributed by atoms with E-state index in [-0.39, 0.29) is 5.91 Å². The number of carbonyl (C=O) groups excluding carboxylic acids is 1. The van der Waals surface area contributed by atoms with E-state index in [1.165, 1.54) is 16.8 Å². The topological polar surface area (TPSA) is 36.0 Å². The monoisotopic (exact) mass is 407 g/mol. The van der Waals surface area contributed by atoms with Gasteiger partial charge in [0.2, 0.25) is 0 Å². The normalized spacial score (nSPS) is 20.8. The van der Waals surface area contributed by atoms with Gasteiger partial charge in [0.15, 0.2) is 0 Å². The smallest absolute Gasteiger partial charge is 0.256 e. The van der Waals surface area contributed by atoms with Gasteiger partial charge in [-0.15, -0.1) is 0 Å². The van der Waals surface area contributed by atoms with E-state index in [0.29, 0.717) is 25.5 Å². The third kappa shape index (κ3) is 4.52. The van der Waals surface area contributed by atoms with Gasteiger partial charge in [-0.1, -0.05) is 44.2 Å². The van der Waals surface area contributed by atoms with Crippen LogP contribution in [0.15, 0.2) is 48.5 Å². The molecular formula is C25H33N3O2. The minimum absolute atomic E-state index is 0.0618. The average molecular weight is 408 g/mol. The Morgan fingerprint density at radius 3 is 2.37 bits per heavy atom. The van der Waals surface area contributed by atoms with Gasteiger partial charge in [0.05, 0.1) is 6.61 Å². The SMILES string of the molecule is CC(C)c1ccc(N2CCOC(Cc3ccccc3N3CCN(C)CC3)C2=O)cc1. The Hall–Kier alpha value is -2.37. The van der Waals surface area contributed by atoms with E-state index in [9.17, 15) is 4.79 Å². The highest BCUT2D eigenvalue weighted by Gasteiger charge is 2.31. The van der Waals surface area contributed by atoms with Gasteiger partial charge in [-0.2, -0.15) is 0 Å². The number of likely N-dealkylation sites (N-methyl/N-ethyl adjacent to an activating group) is 1. The number of para-hydroxylation sites is 1. The molecule has 160 valence electrons. The zero-order valence-corrected chi connectivity index (χ0v) is 18.4. The molecule has 2 saturated heterocycles. The average Bonchev–Trinajstić information content (AvgIpc) is 2.76. The van der Waals surface area contributed by atoms with Crippen LogP contribution in [-0.4, -0.2) is 63.3 Å². The van der Waals surface area contributed by atoms with Crippen LogP contribution in [0.25, 0.3) is 0 Å². The van der Waals surface area contributed by atoms with E-state index in [1.807, 2.05) is 4.90 Å². The molecule has 2 aliphatic rings. The highest BCUT2D eigenvalue weighted by atomic mass is 16.5. The van der Waals surface area contributed by atoms with Gasteiger partial charge in [-0.25, -0.2) is 0 Å². The van der Waals surface area contributed by atoms with Crippen molar-refractivity contribution >= 4 is 17.3 Å². The summed E-state index contributed by atoms with van der Waals surface area (Å²) >= 11 is 0. The molecule has 4 rings (SSSR count). The number of piperazine rings is 1. The van der Waals surface area contributed by atoms with Crippen molar-refractivity contribution in [3.8, 4) is 0 Å². The van der Waals surface area contributed by atoms with Crippen molar-refractivity contribution in [3.05, 3.63) is 59.7 Å². The third-order valence-corrected chi connectivity index (χ3v) is 6.29. The number of rotatable bonds is 5. The Bertz CT molecular complexity index is 857. The zero-order valence-electron chi connectivity index (χ0n) is 18.4. The van der Waals surface area contributed by atoms with E-state index in [4.69, 9.17) is 4.74 Å². The van der Waals surface area contributed by atoms with E-state index >= 15 is 0 Å². The maximum Gasteiger partial charge on any atom is 0.256 e. The lowest BCUT2D eigenvalue weighted by Crippen LogP contribution is -2.49. The predicted molar refractivity (Wildman–Crippen MR) is 122 cm³/mol. The molecule has 2 aromatic carbocycles. The minimum atomic E-state index is -0.433. The van der Waals surface area contributed by atoms with Crippen molar-refractivity contribution in [3.63, 3.8) is 0 Å². The van der Waals surface area contributed by atoms with Crippen molar-refractivity contribution in [2.45, 2.75) is 32.3 Å². The van der Waals surface area contributed by atoms with Crippen LogP contribution in [0.4, 0.5) is 11.4 Å². The van der Waals surface area contributed by atoms with E-state index in [1.54, 1.807) is 0 Å². The van der Waals surface area contributed by atoms with Crippen LogP contribution in [0.5, 0.6) is 0 Å². The van der Waals surface area contributed by atoms with Gasteiger partial charge < -0.3 is 19.4 Å². The molecule has 1 atom stereocenters. The summed E-state index contributed by atoms with van der Waals surface area (Å²) in [6.45, 7) is 9.70. The molecule has 2 heterocycles. The number of morpholine rings is 1.